The smallest absolute Gasteiger partial charge is 0.319 e. The lowest BCUT2D eigenvalue weighted by atomic mass is 10.1. The van der Waals surface area contributed by atoms with Gasteiger partial charge in [0, 0.05) is 24.0 Å². The van der Waals surface area contributed by atoms with Crippen LogP contribution in [0.25, 0.3) is 0 Å². The Kier molecular flexibility index (Phi) is 5.84. The summed E-state index contributed by atoms with van der Waals surface area (Å²) in [5.41, 5.74) is -0.513. The van der Waals surface area contributed by atoms with Crippen molar-refractivity contribution >= 4 is 11.9 Å². The lowest BCUT2D eigenvalue weighted by Crippen LogP contribution is -2.21. The van der Waals surface area contributed by atoms with Crippen LogP contribution in [-0.2, 0) is 23.8 Å². The average Bonchev–Trinajstić information content (AvgIpc) is 3.14. The summed E-state index contributed by atoms with van der Waals surface area (Å²) in [7, 11) is 0. The van der Waals surface area contributed by atoms with Gasteiger partial charge in [0.05, 0.1) is 24.0 Å². The summed E-state index contributed by atoms with van der Waals surface area (Å²) >= 11 is 0. The highest BCUT2D eigenvalue weighted by atomic mass is 16.6. The van der Waals surface area contributed by atoms with Gasteiger partial charge in [-0.15, -0.1) is 0 Å². The Morgan fingerprint density at radius 1 is 0.690 bits per heavy atom. The zero-order chi connectivity index (χ0) is 20.8. The highest BCUT2D eigenvalue weighted by Crippen LogP contribution is 2.57. The van der Waals surface area contributed by atoms with Crippen LogP contribution in [0.1, 0.15) is 79.1 Å². The first-order valence-electron chi connectivity index (χ1n) is 11.7. The molecular weight excluding hydrogens is 368 g/mol. The number of carbonyl (C=O) groups excluding carboxylic acids is 2. The van der Waals surface area contributed by atoms with Gasteiger partial charge in [0.25, 0.3) is 0 Å². The van der Waals surface area contributed by atoms with Crippen molar-refractivity contribution in [3.63, 3.8) is 0 Å². The Bertz CT molecular complexity index is 573. The fraction of sp³-hybridized carbons (Fsp3) is 0.917. The Morgan fingerprint density at radius 2 is 1.03 bits per heavy atom. The summed E-state index contributed by atoms with van der Waals surface area (Å²) in [5, 5.41) is 0. The molecule has 4 atom stereocenters. The number of ether oxygens (including phenoxy) is 3. The van der Waals surface area contributed by atoms with Gasteiger partial charge in [-0.2, -0.15) is 0 Å². The molecule has 0 amide bonds. The number of esters is 2. The molecule has 0 radical (unpaired) electrons. The van der Waals surface area contributed by atoms with Gasteiger partial charge in [0.2, 0.25) is 0 Å². The maximum Gasteiger partial charge on any atom is 0.319 e. The van der Waals surface area contributed by atoms with Crippen molar-refractivity contribution in [3.05, 3.63) is 0 Å². The first-order valence-corrected chi connectivity index (χ1v) is 11.7. The Morgan fingerprint density at radius 3 is 1.38 bits per heavy atom. The third kappa shape index (κ3) is 4.27. The van der Waals surface area contributed by atoms with Crippen LogP contribution in [0.2, 0.25) is 0 Å². The van der Waals surface area contributed by atoms with Crippen molar-refractivity contribution < 1.29 is 23.8 Å². The standard InChI is InChI=1S/C24H38O5/c1-23(2)17(19(23)27-13-15-9-5-6-10-15)21(25)29-22(26)18-20(24(18,3)4)28-14-16-11-7-8-12-16/h15-20H,5-14H2,1-4H3. The second-order valence-electron chi connectivity index (χ2n) is 11.1. The molecule has 0 aliphatic heterocycles. The van der Waals surface area contributed by atoms with Crippen LogP contribution >= 0.6 is 0 Å². The molecule has 4 rings (SSSR count). The fourth-order valence-electron chi connectivity index (χ4n) is 5.72. The molecule has 29 heavy (non-hydrogen) atoms. The zero-order valence-electron chi connectivity index (χ0n) is 18.6. The second-order valence-corrected chi connectivity index (χ2v) is 11.1. The van der Waals surface area contributed by atoms with Crippen molar-refractivity contribution in [3.8, 4) is 0 Å². The number of carbonyl (C=O) groups is 2. The fourth-order valence-corrected chi connectivity index (χ4v) is 5.72. The molecule has 0 aromatic carbocycles. The molecule has 4 unspecified atom stereocenters. The third-order valence-corrected chi connectivity index (χ3v) is 8.14. The van der Waals surface area contributed by atoms with E-state index < -0.39 is 11.9 Å². The summed E-state index contributed by atoms with van der Waals surface area (Å²) in [5.74, 6) is -0.285. The highest BCUT2D eigenvalue weighted by molar-refractivity contribution is 5.92. The van der Waals surface area contributed by atoms with Gasteiger partial charge in [0.15, 0.2) is 0 Å². The van der Waals surface area contributed by atoms with Gasteiger partial charge in [-0.05, 0) is 37.5 Å². The van der Waals surface area contributed by atoms with E-state index in [2.05, 4.69) is 0 Å². The Balaban J connectivity index is 1.25. The molecule has 0 heterocycles. The molecule has 0 spiro atoms. The van der Waals surface area contributed by atoms with E-state index in [0.717, 1.165) is 13.2 Å². The van der Waals surface area contributed by atoms with Crippen LogP contribution in [0, 0.1) is 34.5 Å². The summed E-state index contributed by atoms with van der Waals surface area (Å²) in [4.78, 5) is 25.4. The summed E-state index contributed by atoms with van der Waals surface area (Å²) in [6.45, 7) is 9.54. The molecule has 0 aromatic rings. The molecule has 164 valence electrons. The Labute approximate surface area is 175 Å². The maximum atomic E-state index is 12.7. The van der Waals surface area contributed by atoms with Gasteiger partial charge in [-0.3, -0.25) is 9.59 Å². The normalized spacial score (nSPS) is 35.6. The van der Waals surface area contributed by atoms with E-state index in [1.807, 2.05) is 27.7 Å². The minimum Gasteiger partial charge on any atom is -0.393 e. The lowest BCUT2D eigenvalue weighted by Gasteiger charge is -2.10. The largest absolute Gasteiger partial charge is 0.393 e. The molecule has 4 aliphatic carbocycles. The van der Waals surface area contributed by atoms with Crippen LogP contribution in [-0.4, -0.2) is 37.4 Å². The van der Waals surface area contributed by atoms with Crippen LogP contribution in [0.3, 0.4) is 0 Å². The number of hydrogen-bond donors (Lipinski definition) is 0. The van der Waals surface area contributed by atoms with Gasteiger partial charge in [0.1, 0.15) is 0 Å². The van der Waals surface area contributed by atoms with E-state index in [0.29, 0.717) is 11.8 Å². The SMILES string of the molecule is CC1(C)C(OCC2CCCC2)C1C(=O)OC(=O)C1C(OCC2CCCC2)C1(C)C. The van der Waals surface area contributed by atoms with E-state index in [1.165, 1.54) is 51.4 Å². The van der Waals surface area contributed by atoms with Gasteiger partial charge in [-0.25, -0.2) is 0 Å². The van der Waals surface area contributed by atoms with Gasteiger partial charge in [-0.1, -0.05) is 53.4 Å². The predicted octanol–water partition coefficient (Wildman–Crippen LogP) is 4.52. The first-order chi connectivity index (χ1) is 13.7. The van der Waals surface area contributed by atoms with Crippen molar-refractivity contribution in [1.82, 2.24) is 0 Å². The quantitative estimate of drug-likeness (QED) is 0.438. The molecule has 0 aromatic heterocycles. The topological polar surface area (TPSA) is 61.8 Å². The molecule has 0 bridgehead atoms. The van der Waals surface area contributed by atoms with E-state index in [1.54, 1.807) is 0 Å². The predicted molar refractivity (Wildman–Crippen MR) is 109 cm³/mol. The van der Waals surface area contributed by atoms with E-state index in [9.17, 15) is 9.59 Å². The Hall–Kier alpha value is -0.940. The van der Waals surface area contributed by atoms with Crippen molar-refractivity contribution in [2.75, 3.05) is 13.2 Å². The molecule has 4 aliphatic rings. The third-order valence-electron chi connectivity index (χ3n) is 8.14. The van der Waals surface area contributed by atoms with E-state index in [4.69, 9.17) is 14.2 Å². The van der Waals surface area contributed by atoms with Crippen molar-refractivity contribution in [1.29, 1.82) is 0 Å². The molecule has 4 fully saturated rings. The molecular formula is C24H38O5. The lowest BCUT2D eigenvalue weighted by molar-refractivity contribution is -0.163. The second kappa shape index (κ2) is 7.96. The average molecular weight is 407 g/mol. The number of hydrogen-bond acceptors (Lipinski definition) is 5. The molecule has 5 heteroatoms. The summed E-state index contributed by atoms with van der Waals surface area (Å²) in [6.07, 6.45) is 9.74. The van der Waals surface area contributed by atoms with Gasteiger partial charge >= 0.3 is 11.9 Å². The maximum absolute atomic E-state index is 12.7. The van der Waals surface area contributed by atoms with E-state index in [-0.39, 0.29) is 34.9 Å². The van der Waals surface area contributed by atoms with E-state index >= 15 is 0 Å². The zero-order valence-corrected chi connectivity index (χ0v) is 18.6. The molecule has 4 saturated carbocycles. The highest BCUT2D eigenvalue weighted by Gasteiger charge is 2.67. The van der Waals surface area contributed by atoms with Crippen LogP contribution in [0.5, 0.6) is 0 Å². The minimum atomic E-state index is -0.423. The molecule has 0 saturated heterocycles. The first kappa shape index (κ1) is 21.3. The summed E-state index contributed by atoms with van der Waals surface area (Å²) in [6, 6.07) is 0. The summed E-state index contributed by atoms with van der Waals surface area (Å²) < 4.78 is 17.5. The molecule has 5 nitrogen and oxygen atoms in total. The number of rotatable bonds is 8. The van der Waals surface area contributed by atoms with Crippen molar-refractivity contribution in [2.45, 2.75) is 91.3 Å². The van der Waals surface area contributed by atoms with Crippen LogP contribution < -0.4 is 0 Å². The van der Waals surface area contributed by atoms with Gasteiger partial charge < -0.3 is 14.2 Å². The van der Waals surface area contributed by atoms with Crippen LogP contribution in [0.15, 0.2) is 0 Å². The van der Waals surface area contributed by atoms with Crippen LogP contribution in [0.4, 0.5) is 0 Å². The van der Waals surface area contributed by atoms with Crippen molar-refractivity contribution in [2.24, 2.45) is 34.5 Å². The minimum absolute atomic E-state index is 0.134. The molecule has 0 N–H and O–H groups in total. The monoisotopic (exact) mass is 406 g/mol.